The molecule has 1 N–H and O–H groups in total. The van der Waals surface area contributed by atoms with Crippen LogP contribution < -0.4 is 5.32 Å². The number of carbonyl (C=O) groups is 3. The van der Waals surface area contributed by atoms with Gasteiger partial charge in [0.1, 0.15) is 5.54 Å². The lowest BCUT2D eigenvalue weighted by atomic mass is 9.77. The van der Waals surface area contributed by atoms with E-state index >= 15 is 0 Å². The van der Waals surface area contributed by atoms with Gasteiger partial charge in [-0.25, -0.2) is 4.79 Å². The minimum Gasteiger partial charge on any atom is -0.385 e. The SMILES string of the molecule is COCCCn1c(C)cc(C(=O)CN2C(=O)NC3(CCC(C)CC3)C2=O)c1C. The number of ether oxygens (including phenoxy) is 1. The van der Waals surface area contributed by atoms with Gasteiger partial charge < -0.3 is 14.6 Å². The summed E-state index contributed by atoms with van der Waals surface area (Å²) in [5, 5.41) is 2.88. The van der Waals surface area contributed by atoms with Crippen molar-refractivity contribution in [1.29, 1.82) is 0 Å². The van der Waals surface area contributed by atoms with Crippen LogP contribution in [0.4, 0.5) is 4.79 Å². The molecule has 1 aromatic heterocycles. The molecule has 7 nitrogen and oxygen atoms in total. The Morgan fingerprint density at radius 1 is 1.29 bits per heavy atom. The van der Waals surface area contributed by atoms with Crippen molar-refractivity contribution in [3.8, 4) is 0 Å². The van der Waals surface area contributed by atoms with Crippen LogP contribution in [-0.4, -0.2) is 53.0 Å². The largest absolute Gasteiger partial charge is 0.385 e. The fourth-order valence-electron chi connectivity index (χ4n) is 4.44. The highest BCUT2D eigenvalue weighted by Crippen LogP contribution is 2.36. The molecule has 0 bridgehead atoms. The molecule has 1 aliphatic heterocycles. The van der Waals surface area contributed by atoms with E-state index in [9.17, 15) is 14.4 Å². The van der Waals surface area contributed by atoms with Crippen molar-refractivity contribution in [3.05, 3.63) is 23.0 Å². The number of Topliss-reactive ketones (excluding diaryl/α,β-unsaturated/α-hetero) is 1. The van der Waals surface area contributed by atoms with Gasteiger partial charge in [-0.1, -0.05) is 6.92 Å². The Bertz CT molecular complexity index is 775. The van der Waals surface area contributed by atoms with Crippen LogP contribution in [0.25, 0.3) is 0 Å². The highest BCUT2D eigenvalue weighted by atomic mass is 16.5. The first-order chi connectivity index (χ1) is 13.3. The van der Waals surface area contributed by atoms with E-state index in [-0.39, 0.29) is 18.2 Å². The monoisotopic (exact) mass is 389 g/mol. The second-order valence-corrected chi connectivity index (χ2v) is 8.29. The molecule has 0 aromatic carbocycles. The number of ketones is 1. The van der Waals surface area contributed by atoms with Crippen molar-refractivity contribution in [2.45, 2.75) is 65.0 Å². The predicted octanol–water partition coefficient (Wildman–Crippen LogP) is 2.82. The van der Waals surface area contributed by atoms with Crippen LogP contribution in [0.1, 0.15) is 60.8 Å². The normalized spacial score (nSPS) is 24.9. The third-order valence-electron chi connectivity index (χ3n) is 6.28. The van der Waals surface area contributed by atoms with Gasteiger partial charge in [0.2, 0.25) is 0 Å². The molecular weight excluding hydrogens is 358 g/mol. The van der Waals surface area contributed by atoms with Crippen molar-refractivity contribution in [1.82, 2.24) is 14.8 Å². The molecule has 0 unspecified atom stereocenters. The summed E-state index contributed by atoms with van der Waals surface area (Å²) in [7, 11) is 1.67. The first-order valence-electron chi connectivity index (χ1n) is 10.1. The van der Waals surface area contributed by atoms with Crippen LogP contribution in [0, 0.1) is 19.8 Å². The zero-order valence-electron chi connectivity index (χ0n) is 17.3. The summed E-state index contributed by atoms with van der Waals surface area (Å²) in [5.74, 6) is 0.122. The van der Waals surface area contributed by atoms with Gasteiger partial charge in [-0.05, 0) is 57.9 Å². The molecule has 0 atom stereocenters. The summed E-state index contributed by atoms with van der Waals surface area (Å²) >= 11 is 0. The molecule has 1 saturated carbocycles. The fraction of sp³-hybridized carbons (Fsp3) is 0.667. The molecule has 2 aliphatic rings. The molecule has 154 valence electrons. The predicted molar refractivity (Wildman–Crippen MR) is 105 cm³/mol. The second kappa shape index (κ2) is 8.07. The number of methoxy groups -OCH3 is 1. The third kappa shape index (κ3) is 3.72. The molecule has 28 heavy (non-hydrogen) atoms. The second-order valence-electron chi connectivity index (χ2n) is 8.29. The highest BCUT2D eigenvalue weighted by Gasteiger charge is 2.52. The van der Waals surface area contributed by atoms with Gasteiger partial charge in [-0.2, -0.15) is 0 Å². The molecule has 2 heterocycles. The lowest BCUT2D eigenvalue weighted by molar-refractivity contribution is -0.132. The highest BCUT2D eigenvalue weighted by molar-refractivity contribution is 6.11. The third-order valence-corrected chi connectivity index (χ3v) is 6.28. The van der Waals surface area contributed by atoms with Crippen LogP contribution in [0.2, 0.25) is 0 Å². The maximum Gasteiger partial charge on any atom is 0.325 e. The van der Waals surface area contributed by atoms with Gasteiger partial charge in [-0.15, -0.1) is 0 Å². The van der Waals surface area contributed by atoms with E-state index in [4.69, 9.17) is 4.74 Å². The number of nitrogens with one attached hydrogen (secondary N) is 1. The number of aryl methyl sites for hydroxylation is 1. The summed E-state index contributed by atoms with van der Waals surface area (Å²) in [6.45, 7) is 7.25. The van der Waals surface area contributed by atoms with Gasteiger partial charge in [0, 0.05) is 37.2 Å². The number of nitrogens with zero attached hydrogens (tertiary/aromatic N) is 2. The number of aromatic nitrogens is 1. The Morgan fingerprint density at radius 2 is 1.96 bits per heavy atom. The summed E-state index contributed by atoms with van der Waals surface area (Å²) in [5.41, 5.74) is 1.63. The molecule has 3 amide bonds. The molecule has 2 fully saturated rings. The van der Waals surface area contributed by atoms with E-state index < -0.39 is 11.6 Å². The van der Waals surface area contributed by atoms with Crippen molar-refractivity contribution in [2.75, 3.05) is 20.3 Å². The number of hydrogen-bond donors (Lipinski definition) is 1. The van der Waals surface area contributed by atoms with Gasteiger partial charge in [0.25, 0.3) is 5.91 Å². The molecule has 1 aliphatic carbocycles. The first kappa shape index (κ1) is 20.6. The van der Waals surface area contributed by atoms with Gasteiger partial charge in [0.15, 0.2) is 5.78 Å². The lowest BCUT2D eigenvalue weighted by Gasteiger charge is -2.33. The minimum atomic E-state index is -0.805. The van der Waals surface area contributed by atoms with Crippen molar-refractivity contribution in [2.24, 2.45) is 5.92 Å². The molecule has 3 rings (SSSR count). The van der Waals surface area contributed by atoms with Gasteiger partial charge in [-0.3, -0.25) is 14.5 Å². The van der Waals surface area contributed by atoms with Crippen LogP contribution in [-0.2, 0) is 16.1 Å². The summed E-state index contributed by atoms with van der Waals surface area (Å²) < 4.78 is 7.19. The molecular formula is C21H31N3O4. The van der Waals surface area contributed by atoms with Gasteiger partial charge in [0.05, 0.1) is 6.54 Å². The quantitative estimate of drug-likeness (QED) is 0.442. The minimum absolute atomic E-state index is 0.198. The smallest absolute Gasteiger partial charge is 0.325 e. The number of carbonyl (C=O) groups excluding carboxylic acids is 3. The Hall–Kier alpha value is -2.15. The summed E-state index contributed by atoms with van der Waals surface area (Å²) in [6, 6.07) is 1.41. The van der Waals surface area contributed by atoms with Gasteiger partial charge >= 0.3 is 6.03 Å². The Kier molecular flexibility index (Phi) is 5.93. The molecule has 1 saturated heterocycles. The molecule has 7 heteroatoms. The van der Waals surface area contributed by atoms with Crippen LogP contribution in [0.5, 0.6) is 0 Å². The number of rotatable bonds is 7. The number of imide groups is 1. The average Bonchev–Trinajstić information content (AvgIpc) is 3.07. The number of amides is 3. The maximum absolute atomic E-state index is 13.0. The zero-order chi connectivity index (χ0) is 20.5. The Morgan fingerprint density at radius 3 is 2.61 bits per heavy atom. The number of urea groups is 1. The topological polar surface area (TPSA) is 80.6 Å². The van der Waals surface area contributed by atoms with E-state index in [1.807, 2.05) is 19.9 Å². The van der Waals surface area contributed by atoms with Crippen molar-refractivity contribution < 1.29 is 19.1 Å². The fourth-order valence-corrected chi connectivity index (χ4v) is 4.44. The molecule has 1 spiro atoms. The maximum atomic E-state index is 13.0. The van der Waals surface area contributed by atoms with Crippen LogP contribution in [0.3, 0.4) is 0 Å². The van der Waals surface area contributed by atoms with E-state index in [1.54, 1.807) is 7.11 Å². The van der Waals surface area contributed by atoms with E-state index in [0.29, 0.717) is 30.9 Å². The zero-order valence-corrected chi connectivity index (χ0v) is 17.3. The van der Waals surface area contributed by atoms with Crippen LogP contribution >= 0.6 is 0 Å². The van der Waals surface area contributed by atoms with Crippen LogP contribution in [0.15, 0.2) is 6.07 Å². The van der Waals surface area contributed by atoms with Crippen molar-refractivity contribution >= 4 is 17.7 Å². The van der Waals surface area contributed by atoms with E-state index in [2.05, 4.69) is 16.8 Å². The summed E-state index contributed by atoms with van der Waals surface area (Å²) in [6.07, 6.45) is 3.98. The Balaban J connectivity index is 1.72. The standard InChI is InChI=1S/C21H31N3O4/c1-14-6-8-21(9-7-14)19(26)24(20(27)22-21)13-18(25)17-12-15(2)23(16(17)3)10-5-11-28-4/h12,14H,5-11,13H2,1-4H3,(H,22,27). The Labute approximate surface area is 166 Å². The molecule has 0 radical (unpaired) electrons. The first-order valence-corrected chi connectivity index (χ1v) is 10.1. The lowest BCUT2D eigenvalue weighted by Crippen LogP contribution is -2.49. The molecule has 1 aromatic rings. The van der Waals surface area contributed by atoms with E-state index in [0.717, 1.165) is 42.1 Å². The van der Waals surface area contributed by atoms with Crippen molar-refractivity contribution in [3.63, 3.8) is 0 Å². The summed E-state index contributed by atoms with van der Waals surface area (Å²) in [4.78, 5) is 39.5. The van der Waals surface area contributed by atoms with E-state index in [1.165, 1.54) is 0 Å². The average molecular weight is 389 g/mol. The number of hydrogen-bond acceptors (Lipinski definition) is 4.